The standard InChI is InChI=1S/C21H25N3O2S/c1-5-24-20(13-26-19-11-6-8-15(2)16(19)3)22-23-21(24)27-14-17-9-7-10-18(12-17)25-4/h6-12H,5,13-14H2,1-4H3. The average Bonchev–Trinajstić information content (AvgIpc) is 3.09. The third-order valence-electron chi connectivity index (χ3n) is 4.52. The Labute approximate surface area is 164 Å². The summed E-state index contributed by atoms with van der Waals surface area (Å²) < 4.78 is 13.4. The van der Waals surface area contributed by atoms with Crippen molar-refractivity contribution >= 4 is 11.8 Å². The van der Waals surface area contributed by atoms with Crippen LogP contribution in [0.2, 0.25) is 0 Å². The molecule has 1 aromatic heterocycles. The van der Waals surface area contributed by atoms with Gasteiger partial charge in [-0.1, -0.05) is 36.0 Å². The molecule has 0 bridgehead atoms. The van der Waals surface area contributed by atoms with E-state index >= 15 is 0 Å². The van der Waals surface area contributed by atoms with E-state index in [2.05, 4.69) is 47.7 Å². The molecule has 27 heavy (non-hydrogen) atoms. The SMILES string of the molecule is CCn1c(COc2cccc(C)c2C)nnc1SCc1cccc(OC)c1. The van der Waals surface area contributed by atoms with Crippen molar-refractivity contribution in [2.75, 3.05) is 7.11 Å². The number of aromatic nitrogens is 3. The molecule has 3 rings (SSSR count). The molecule has 0 spiro atoms. The van der Waals surface area contributed by atoms with Crippen LogP contribution in [-0.4, -0.2) is 21.9 Å². The first-order valence-electron chi connectivity index (χ1n) is 8.99. The van der Waals surface area contributed by atoms with E-state index in [1.807, 2.05) is 30.3 Å². The van der Waals surface area contributed by atoms with Gasteiger partial charge in [-0.25, -0.2) is 0 Å². The molecule has 0 atom stereocenters. The van der Waals surface area contributed by atoms with E-state index in [0.717, 1.165) is 40.3 Å². The fourth-order valence-electron chi connectivity index (χ4n) is 2.78. The van der Waals surface area contributed by atoms with Crippen molar-refractivity contribution in [1.82, 2.24) is 14.8 Å². The zero-order chi connectivity index (χ0) is 19.2. The Bertz CT molecular complexity index is 908. The Morgan fingerprint density at radius 3 is 2.67 bits per heavy atom. The molecule has 3 aromatic rings. The summed E-state index contributed by atoms with van der Waals surface area (Å²) in [7, 11) is 1.68. The number of methoxy groups -OCH3 is 1. The maximum Gasteiger partial charge on any atom is 0.191 e. The van der Waals surface area contributed by atoms with E-state index in [9.17, 15) is 0 Å². The minimum absolute atomic E-state index is 0.408. The van der Waals surface area contributed by atoms with Gasteiger partial charge >= 0.3 is 0 Å². The zero-order valence-corrected chi connectivity index (χ0v) is 17.0. The third-order valence-corrected chi connectivity index (χ3v) is 5.56. The van der Waals surface area contributed by atoms with Gasteiger partial charge in [0, 0.05) is 12.3 Å². The van der Waals surface area contributed by atoms with Gasteiger partial charge < -0.3 is 14.0 Å². The first-order chi connectivity index (χ1) is 13.1. The molecule has 0 aliphatic rings. The van der Waals surface area contributed by atoms with Crippen LogP contribution in [0.4, 0.5) is 0 Å². The first kappa shape index (κ1) is 19.3. The zero-order valence-electron chi connectivity index (χ0n) is 16.2. The van der Waals surface area contributed by atoms with Crippen LogP contribution < -0.4 is 9.47 Å². The number of hydrogen-bond donors (Lipinski definition) is 0. The van der Waals surface area contributed by atoms with Crippen LogP contribution in [0.5, 0.6) is 11.5 Å². The lowest BCUT2D eigenvalue weighted by atomic mass is 10.1. The van der Waals surface area contributed by atoms with Crippen molar-refractivity contribution in [3.63, 3.8) is 0 Å². The predicted octanol–water partition coefficient (Wildman–Crippen LogP) is 4.79. The monoisotopic (exact) mass is 383 g/mol. The number of thioether (sulfide) groups is 1. The Morgan fingerprint density at radius 1 is 1.07 bits per heavy atom. The first-order valence-corrected chi connectivity index (χ1v) is 9.97. The van der Waals surface area contributed by atoms with Crippen molar-refractivity contribution in [3.8, 4) is 11.5 Å². The molecule has 1 heterocycles. The van der Waals surface area contributed by atoms with Gasteiger partial charge in [-0.3, -0.25) is 0 Å². The molecule has 0 fully saturated rings. The maximum absolute atomic E-state index is 6.00. The van der Waals surface area contributed by atoms with Crippen molar-refractivity contribution in [1.29, 1.82) is 0 Å². The van der Waals surface area contributed by atoms with E-state index in [1.165, 1.54) is 11.1 Å². The summed E-state index contributed by atoms with van der Waals surface area (Å²) in [5.74, 6) is 3.41. The van der Waals surface area contributed by atoms with Gasteiger partial charge in [0.25, 0.3) is 0 Å². The molecule has 0 saturated heterocycles. The van der Waals surface area contributed by atoms with E-state index in [4.69, 9.17) is 9.47 Å². The van der Waals surface area contributed by atoms with Crippen molar-refractivity contribution in [2.24, 2.45) is 0 Å². The predicted molar refractivity (Wildman–Crippen MR) is 108 cm³/mol. The highest BCUT2D eigenvalue weighted by Crippen LogP contribution is 2.25. The van der Waals surface area contributed by atoms with E-state index in [0.29, 0.717) is 6.61 Å². The minimum atomic E-state index is 0.408. The van der Waals surface area contributed by atoms with Crippen LogP contribution in [0.15, 0.2) is 47.6 Å². The molecule has 0 aliphatic carbocycles. The highest BCUT2D eigenvalue weighted by Gasteiger charge is 2.13. The molecule has 0 unspecified atom stereocenters. The molecule has 6 heteroatoms. The number of hydrogen-bond acceptors (Lipinski definition) is 5. The van der Waals surface area contributed by atoms with Crippen LogP contribution in [0.1, 0.15) is 29.4 Å². The van der Waals surface area contributed by atoms with E-state index in [1.54, 1.807) is 18.9 Å². The van der Waals surface area contributed by atoms with Crippen molar-refractivity contribution in [2.45, 2.75) is 44.8 Å². The number of ether oxygens (including phenoxy) is 2. The molecule has 2 aromatic carbocycles. The van der Waals surface area contributed by atoms with Gasteiger partial charge in [-0.05, 0) is 55.7 Å². The van der Waals surface area contributed by atoms with Gasteiger partial charge in [0.1, 0.15) is 18.1 Å². The van der Waals surface area contributed by atoms with Crippen molar-refractivity contribution in [3.05, 3.63) is 65.0 Å². The van der Waals surface area contributed by atoms with Crippen molar-refractivity contribution < 1.29 is 9.47 Å². The highest BCUT2D eigenvalue weighted by atomic mass is 32.2. The normalized spacial score (nSPS) is 10.8. The van der Waals surface area contributed by atoms with Crippen LogP contribution in [0.25, 0.3) is 0 Å². The second kappa shape index (κ2) is 8.95. The summed E-state index contributed by atoms with van der Waals surface area (Å²) in [5.41, 5.74) is 3.57. The van der Waals surface area contributed by atoms with Crippen LogP contribution in [0, 0.1) is 13.8 Å². The lowest BCUT2D eigenvalue weighted by Crippen LogP contribution is -2.07. The number of rotatable bonds is 8. The van der Waals surface area contributed by atoms with Gasteiger partial charge in [-0.2, -0.15) is 0 Å². The lowest BCUT2D eigenvalue weighted by Gasteiger charge is -2.11. The summed E-state index contributed by atoms with van der Waals surface area (Å²) in [5, 5.41) is 9.61. The molecule has 0 amide bonds. The number of aryl methyl sites for hydroxylation is 1. The molecule has 0 radical (unpaired) electrons. The summed E-state index contributed by atoms with van der Waals surface area (Å²) in [4.78, 5) is 0. The highest BCUT2D eigenvalue weighted by molar-refractivity contribution is 7.98. The van der Waals surface area contributed by atoms with E-state index < -0.39 is 0 Å². The van der Waals surface area contributed by atoms with Gasteiger partial charge in [-0.15, -0.1) is 10.2 Å². The van der Waals surface area contributed by atoms with Crippen LogP contribution >= 0.6 is 11.8 Å². The Hall–Kier alpha value is -2.47. The lowest BCUT2D eigenvalue weighted by molar-refractivity contribution is 0.286. The maximum atomic E-state index is 6.00. The Morgan fingerprint density at radius 2 is 1.89 bits per heavy atom. The quantitative estimate of drug-likeness (QED) is 0.523. The summed E-state index contributed by atoms with van der Waals surface area (Å²) in [6.45, 7) is 7.47. The van der Waals surface area contributed by atoms with Gasteiger partial charge in [0.2, 0.25) is 0 Å². The summed E-state index contributed by atoms with van der Waals surface area (Å²) >= 11 is 1.67. The fraction of sp³-hybridized carbons (Fsp3) is 0.333. The largest absolute Gasteiger partial charge is 0.497 e. The van der Waals surface area contributed by atoms with Crippen LogP contribution in [0.3, 0.4) is 0 Å². The second-order valence-corrected chi connectivity index (χ2v) is 7.21. The summed E-state index contributed by atoms with van der Waals surface area (Å²) in [6, 6.07) is 14.2. The fourth-order valence-corrected chi connectivity index (χ4v) is 3.75. The van der Waals surface area contributed by atoms with Gasteiger partial charge in [0.05, 0.1) is 7.11 Å². The second-order valence-electron chi connectivity index (χ2n) is 6.27. The smallest absolute Gasteiger partial charge is 0.191 e. The molecular weight excluding hydrogens is 358 g/mol. The Balaban J connectivity index is 1.68. The Kier molecular flexibility index (Phi) is 6.40. The molecule has 0 N–H and O–H groups in total. The van der Waals surface area contributed by atoms with Gasteiger partial charge in [0.15, 0.2) is 11.0 Å². The van der Waals surface area contributed by atoms with E-state index in [-0.39, 0.29) is 0 Å². The topological polar surface area (TPSA) is 49.2 Å². The van der Waals surface area contributed by atoms with Crippen LogP contribution in [-0.2, 0) is 18.9 Å². The molecular formula is C21H25N3O2S. The molecule has 0 aliphatic heterocycles. The minimum Gasteiger partial charge on any atom is -0.497 e. The summed E-state index contributed by atoms with van der Waals surface area (Å²) in [6.07, 6.45) is 0. The number of nitrogens with zero attached hydrogens (tertiary/aromatic N) is 3. The third kappa shape index (κ3) is 4.63. The molecule has 142 valence electrons. The average molecular weight is 384 g/mol. The molecule has 5 nitrogen and oxygen atoms in total. The molecule has 0 saturated carbocycles. The number of benzene rings is 2.